The molecular weight excluding hydrogens is 477 g/mol. The van der Waals surface area contributed by atoms with Crippen LogP contribution in [0.4, 0.5) is 5.69 Å². The Morgan fingerprint density at radius 3 is 1.83 bits per heavy atom. The van der Waals surface area contributed by atoms with Gasteiger partial charge in [0, 0.05) is 5.56 Å². The zero-order chi connectivity index (χ0) is 25.6. The van der Waals surface area contributed by atoms with Gasteiger partial charge in [0.15, 0.2) is 17.3 Å². The molecule has 0 aliphatic carbocycles. The van der Waals surface area contributed by atoms with Gasteiger partial charge in [-0.15, -0.1) is 9.35 Å². The Labute approximate surface area is 203 Å². The van der Waals surface area contributed by atoms with Crippen molar-refractivity contribution in [3.63, 3.8) is 0 Å². The molecule has 2 aromatic carbocycles. The molecule has 0 saturated carbocycles. The van der Waals surface area contributed by atoms with Crippen LogP contribution in [0.2, 0.25) is 0 Å². The minimum atomic E-state index is -4.69. The second-order valence-corrected chi connectivity index (χ2v) is 9.66. The number of rotatable bonds is 12. The quantitative estimate of drug-likeness (QED) is 0.137. The second-order valence-electron chi connectivity index (χ2n) is 7.72. The highest BCUT2D eigenvalue weighted by Gasteiger charge is 2.71. The SMILES string of the molecule is CCOOP(=O)(OOCC)[C@H]1[C@H](C(=O)c2ccccc2)N(c2ccccc2)OC1(C(C)=O)C(C)=O. The topological polar surface area (TPSA) is 118 Å². The van der Waals surface area contributed by atoms with Crippen LogP contribution in [0.5, 0.6) is 0 Å². The molecule has 1 heterocycles. The molecule has 0 bridgehead atoms. The second kappa shape index (κ2) is 11.3. The summed E-state index contributed by atoms with van der Waals surface area (Å²) in [6.45, 7) is 5.28. The van der Waals surface area contributed by atoms with Gasteiger partial charge in [0.2, 0.25) is 5.60 Å². The summed E-state index contributed by atoms with van der Waals surface area (Å²) in [5, 5.41) is 1.11. The maximum absolute atomic E-state index is 14.2. The monoisotopic (exact) mass is 505 g/mol. The Hall–Kier alpha value is -2.72. The number of benzene rings is 2. The summed E-state index contributed by atoms with van der Waals surface area (Å²) in [6.07, 6.45) is 0. The predicted octanol–water partition coefficient (Wildman–Crippen LogP) is 4.10. The number of hydrogen-bond donors (Lipinski definition) is 0. The summed E-state index contributed by atoms with van der Waals surface area (Å²) < 4.78 is 24.6. The van der Waals surface area contributed by atoms with Gasteiger partial charge in [-0.25, -0.2) is 19.7 Å². The molecule has 10 nitrogen and oxygen atoms in total. The lowest BCUT2D eigenvalue weighted by Crippen LogP contribution is -2.55. The van der Waals surface area contributed by atoms with Crippen molar-refractivity contribution >= 4 is 30.6 Å². The van der Waals surface area contributed by atoms with Crippen LogP contribution in [0.15, 0.2) is 60.7 Å². The molecule has 1 aliphatic heterocycles. The average Bonchev–Trinajstić information content (AvgIpc) is 3.25. The normalized spacial score (nSPS) is 19.5. The minimum absolute atomic E-state index is 0.0418. The smallest absolute Gasteiger partial charge is 0.296 e. The van der Waals surface area contributed by atoms with E-state index in [9.17, 15) is 18.9 Å². The number of anilines is 1. The van der Waals surface area contributed by atoms with E-state index < -0.39 is 42.2 Å². The summed E-state index contributed by atoms with van der Waals surface area (Å²) in [4.78, 5) is 56.0. The van der Waals surface area contributed by atoms with Crippen LogP contribution in [0.3, 0.4) is 0 Å². The fourth-order valence-corrected chi connectivity index (χ4v) is 6.15. The van der Waals surface area contributed by atoms with Crippen LogP contribution in [0.25, 0.3) is 0 Å². The molecule has 1 saturated heterocycles. The lowest BCUT2D eigenvalue weighted by molar-refractivity contribution is -0.265. The number of nitrogens with zero attached hydrogens (tertiary/aromatic N) is 1. The Bertz CT molecular complexity index is 1070. The first-order chi connectivity index (χ1) is 16.7. The first-order valence-electron chi connectivity index (χ1n) is 11.1. The van der Waals surface area contributed by atoms with E-state index in [1.165, 1.54) is 0 Å². The van der Waals surface area contributed by atoms with Gasteiger partial charge in [0.05, 0.1) is 18.9 Å². The summed E-state index contributed by atoms with van der Waals surface area (Å²) in [5.74, 6) is -2.16. The zero-order valence-corrected chi connectivity index (χ0v) is 20.8. The largest absolute Gasteiger partial charge is 0.393 e. The molecule has 1 aliphatic rings. The van der Waals surface area contributed by atoms with Gasteiger partial charge in [-0.3, -0.25) is 18.9 Å². The van der Waals surface area contributed by atoms with Crippen LogP contribution < -0.4 is 5.06 Å². The van der Waals surface area contributed by atoms with Gasteiger partial charge in [-0.2, -0.15) is 0 Å². The molecule has 2 atom stereocenters. The van der Waals surface area contributed by atoms with E-state index in [0.29, 0.717) is 5.69 Å². The molecule has 0 aromatic heterocycles. The van der Waals surface area contributed by atoms with Gasteiger partial charge in [0.1, 0.15) is 11.7 Å². The predicted molar refractivity (Wildman–Crippen MR) is 125 cm³/mol. The van der Waals surface area contributed by atoms with Crippen LogP contribution in [-0.4, -0.2) is 47.9 Å². The van der Waals surface area contributed by atoms with E-state index in [1.807, 2.05) is 0 Å². The number of carbonyl (C=O) groups excluding carboxylic acids is 3. The van der Waals surface area contributed by atoms with E-state index >= 15 is 0 Å². The molecule has 0 unspecified atom stereocenters. The third kappa shape index (κ3) is 5.13. The van der Waals surface area contributed by atoms with Gasteiger partial charge >= 0.3 is 7.60 Å². The Morgan fingerprint density at radius 2 is 1.37 bits per heavy atom. The molecule has 0 spiro atoms. The minimum Gasteiger partial charge on any atom is -0.296 e. The van der Waals surface area contributed by atoms with Gasteiger partial charge in [-0.1, -0.05) is 48.5 Å². The van der Waals surface area contributed by atoms with Gasteiger partial charge < -0.3 is 0 Å². The van der Waals surface area contributed by atoms with E-state index in [2.05, 4.69) is 0 Å². The molecule has 0 amide bonds. The first kappa shape index (κ1) is 26.9. The van der Waals surface area contributed by atoms with Gasteiger partial charge in [-0.05, 0) is 39.8 Å². The number of ketones is 3. The molecule has 188 valence electrons. The van der Waals surface area contributed by atoms with Crippen molar-refractivity contribution in [2.24, 2.45) is 0 Å². The molecule has 35 heavy (non-hydrogen) atoms. The highest BCUT2D eigenvalue weighted by Crippen LogP contribution is 2.63. The van der Waals surface area contributed by atoms with Crippen molar-refractivity contribution in [2.45, 2.75) is 45.0 Å². The number of carbonyl (C=O) groups is 3. The van der Waals surface area contributed by atoms with Crippen molar-refractivity contribution in [1.29, 1.82) is 0 Å². The molecule has 3 rings (SSSR count). The van der Waals surface area contributed by atoms with Crippen LogP contribution >= 0.6 is 7.60 Å². The van der Waals surface area contributed by atoms with Crippen molar-refractivity contribution in [3.05, 3.63) is 66.2 Å². The van der Waals surface area contributed by atoms with E-state index in [0.717, 1.165) is 18.9 Å². The standard InChI is InChI=1S/C24H28NO9P/c1-5-30-33-35(29,34-31-6-2)23-21(22(28)19-13-9-7-10-14-19)25(20-15-11-8-12-16-20)32-24(23,17(3)26)18(4)27/h7-16,21,23H,5-6H2,1-4H3/t21-,23-/m0/s1. The number of para-hydroxylation sites is 1. The molecule has 2 aromatic rings. The lowest BCUT2D eigenvalue weighted by atomic mass is 9.85. The van der Waals surface area contributed by atoms with Crippen LogP contribution in [0, 0.1) is 0 Å². The average molecular weight is 505 g/mol. The Balaban J connectivity index is 2.32. The highest BCUT2D eigenvalue weighted by molar-refractivity contribution is 7.54. The summed E-state index contributed by atoms with van der Waals surface area (Å²) in [5.41, 5.74) is -3.59. The zero-order valence-electron chi connectivity index (χ0n) is 19.9. The fourth-order valence-electron chi connectivity index (χ4n) is 3.97. The molecule has 0 radical (unpaired) electrons. The maximum Gasteiger partial charge on any atom is 0.393 e. The number of hydroxylamine groups is 1. The van der Waals surface area contributed by atoms with Crippen LogP contribution in [0.1, 0.15) is 38.1 Å². The Morgan fingerprint density at radius 1 is 0.886 bits per heavy atom. The summed E-state index contributed by atoms with van der Waals surface area (Å²) in [7, 11) is -4.69. The first-order valence-corrected chi connectivity index (χ1v) is 12.7. The van der Waals surface area contributed by atoms with Gasteiger partial charge in [0.25, 0.3) is 0 Å². The van der Waals surface area contributed by atoms with E-state index in [1.54, 1.807) is 74.5 Å². The third-order valence-electron chi connectivity index (χ3n) is 5.48. The van der Waals surface area contributed by atoms with E-state index in [-0.39, 0.29) is 18.8 Å². The van der Waals surface area contributed by atoms with Crippen molar-refractivity contribution in [2.75, 3.05) is 18.3 Å². The summed E-state index contributed by atoms with van der Waals surface area (Å²) in [6, 6.07) is 15.0. The summed E-state index contributed by atoms with van der Waals surface area (Å²) >= 11 is 0. The molecule has 1 fully saturated rings. The maximum atomic E-state index is 14.2. The Kier molecular flexibility index (Phi) is 8.71. The molecule has 0 N–H and O–H groups in total. The molecule has 11 heteroatoms. The van der Waals surface area contributed by atoms with Crippen molar-refractivity contribution in [3.8, 4) is 0 Å². The van der Waals surface area contributed by atoms with Crippen molar-refractivity contribution in [1.82, 2.24) is 0 Å². The molecular formula is C24H28NO9P. The third-order valence-corrected chi connectivity index (χ3v) is 7.44. The fraction of sp³-hybridized carbons (Fsp3) is 0.375. The lowest BCUT2D eigenvalue weighted by Gasteiger charge is -2.31. The van der Waals surface area contributed by atoms with Crippen LogP contribution in [-0.2, 0) is 38.1 Å². The number of hydrogen-bond acceptors (Lipinski definition) is 10. The number of Topliss-reactive ketones (excluding diaryl/α,β-unsaturated/α-hetero) is 3. The van der Waals surface area contributed by atoms with E-state index in [4.69, 9.17) is 24.0 Å². The highest BCUT2D eigenvalue weighted by atomic mass is 31.2. The van der Waals surface area contributed by atoms with Crippen molar-refractivity contribution < 1.29 is 42.9 Å².